The van der Waals surface area contributed by atoms with Gasteiger partial charge in [-0.1, -0.05) is 24.3 Å². The van der Waals surface area contributed by atoms with E-state index in [9.17, 15) is 4.79 Å². The second-order valence-electron chi connectivity index (χ2n) is 5.58. The van der Waals surface area contributed by atoms with E-state index in [-0.39, 0.29) is 5.56 Å². The number of aromatic nitrogens is 2. The normalized spacial score (nSPS) is 13.5. The average Bonchev–Trinajstić information content (AvgIpc) is 2.86. The molecule has 0 bridgehead atoms. The van der Waals surface area contributed by atoms with Crippen LogP contribution in [0.3, 0.4) is 0 Å². The van der Waals surface area contributed by atoms with Crippen molar-refractivity contribution in [1.82, 2.24) is 9.97 Å². The summed E-state index contributed by atoms with van der Waals surface area (Å²) in [5.74, 6) is 1.95. The van der Waals surface area contributed by atoms with Crippen molar-refractivity contribution in [2.75, 3.05) is 18.5 Å². The Morgan fingerprint density at radius 3 is 2.92 bits per heavy atom. The number of benzene rings is 2. The quantitative estimate of drug-likeness (QED) is 0.775. The van der Waals surface area contributed by atoms with E-state index in [1.54, 1.807) is 6.07 Å². The Balaban J connectivity index is 1.61. The topological polar surface area (TPSA) is 76.2 Å². The lowest BCUT2D eigenvalue weighted by Gasteiger charge is -2.13. The van der Waals surface area contributed by atoms with Crippen LogP contribution < -0.4 is 20.3 Å². The van der Waals surface area contributed by atoms with E-state index in [1.807, 2.05) is 36.4 Å². The molecule has 2 aromatic carbocycles. The van der Waals surface area contributed by atoms with Crippen LogP contribution in [0.5, 0.6) is 11.5 Å². The van der Waals surface area contributed by atoms with Crippen molar-refractivity contribution in [3.05, 3.63) is 58.4 Å². The summed E-state index contributed by atoms with van der Waals surface area (Å²) in [6.45, 7) is 1.77. The first kappa shape index (κ1) is 14.6. The van der Waals surface area contributed by atoms with Gasteiger partial charge in [-0.05, 0) is 18.2 Å². The van der Waals surface area contributed by atoms with Gasteiger partial charge in [0, 0.05) is 18.5 Å². The van der Waals surface area contributed by atoms with Crippen molar-refractivity contribution >= 4 is 16.9 Å². The van der Waals surface area contributed by atoms with E-state index in [0.717, 1.165) is 23.5 Å². The molecule has 24 heavy (non-hydrogen) atoms. The number of hydrogen-bond acceptors (Lipinski definition) is 5. The van der Waals surface area contributed by atoms with Crippen LogP contribution in [-0.2, 0) is 6.54 Å². The van der Waals surface area contributed by atoms with Crippen molar-refractivity contribution in [1.29, 1.82) is 0 Å². The van der Waals surface area contributed by atoms with Crippen LogP contribution in [0.2, 0.25) is 0 Å². The average molecular weight is 323 g/mol. The lowest BCUT2D eigenvalue weighted by atomic mass is 10.2. The number of hydrogen-bond donors (Lipinski definition) is 2. The van der Waals surface area contributed by atoms with E-state index in [1.165, 1.54) is 0 Å². The molecule has 0 aliphatic carbocycles. The van der Waals surface area contributed by atoms with E-state index >= 15 is 0 Å². The number of H-pyrrole nitrogens is 1. The van der Waals surface area contributed by atoms with Gasteiger partial charge in [0.2, 0.25) is 5.95 Å². The minimum atomic E-state index is -0.158. The van der Waals surface area contributed by atoms with Gasteiger partial charge in [0.15, 0.2) is 11.5 Å². The van der Waals surface area contributed by atoms with Crippen LogP contribution in [-0.4, -0.2) is 23.2 Å². The number of ether oxygens (including phenoxy) is 2. The van der Waals surface area contributed by atoms with Crippen LogP contribution in [0.4, 0.5) is 5.95 Å². The maximum Gasteiger partial charge on any atom is 0.260 e. The third kappa shape index (κ3) is 2.78. The summed E-state index contributed by atoms with van der Waals surface area (Å²) >= 11 is 0. The highest BCUT2D eigenvalue weighted by atomic mass is 16.5. The fourth-order valence-electron chi connectivity index (χ4n) is 2.74. The second-order valence-corrected chi connectivity index (χ2v) is 5.58. The van der Waals surface area contributed by atoms with Crippen molar-refractivity contribution in [2.45, 2.75) is 13.0 Å². The Labute approximate surface area is 138 Å². The summed E-state index contributed by atoms with van der Waals surface area (Å²) in [5.41, 5.74) is 1.47. The second kappa shape index (κ2) is 6.23. The number of fused-ring (bicyclic) bond motifs is 2. The minimum Gasteiger partial charge on any atom is -0.490 e. The number of nitrogens with one attached hydrogen (secondary N) is 2. The monoisotopic (exact) mass is 323 g/mol. The summed E-state index contributed by atoms with van der Waals surface area (Å²) in [6, 6.07) is 13.1. The zero-order valence-electron chi connectivity index (χ0n) is 13.0. The zero-order chi connectivity index (χ0) is 16.4. The molecule has 4 rings (SSSR count). The van der Waals surface area contributed by atoms with Crippen LogP contribution in [0, 0.1) is 0 Å². The highest BCUT2D eigenvalue weighted by Gasteiger charge is 2.14. The van der Waals surface area contributed by atoms with E-state index in [4.69, 9.17) is 9.47 Å². The van der Waals surface area contributed by atoms with Crippen LogP contribution in [0.25, 0.3) is 10.9 Å². The van der Waals surface area contributed by atoms with Crippen LogP contribution >= 0.6 is 0 Å². The Kier molecular flexibility index (Phi) is 3.78. The molecule has 1 aromatic heterocycles. The molecule has 1 aliphatic heterocycles. The summed E-state index contributed by atoms with van der Waals surface area (Å²) in [7, 11) is 0. The predicted octanol–water partition coefficient (Wildman–Crippen LogP) is 2.70. The number of aromatic amines is 1. The molecule has 1 aliphatic rings. The molecule has 0 spiro atoms. The van der Waals surface area contributed by atoms with Crippen molar-refractivity contribution in [3.8, 4) is 11.5 Å². The van der Waals surface area contributed by atoms with Gasteiger partial charge >= 0.3 is 0 Å². The summed E-state index contributed by atoms with van der Waals surface area (Å²) in [5, 5.41) is 3.74. The van der Waals surface area contributed by atoms with Gasteiger partial charge in [-0.25, -0.2) is 4.98 Å². The Hall–Kier alpha value is -3.02. The molecule has 6 heteroatoms. The number of nitrogens with zero attached hydrogens (tertiary/aromatic N) is 1. The third-order valence-electron chi connectivity index (χ3n) is 3.91. The SMILES string of the molecule is O=c1[nH]c(NCc2cccc3c2OCCCO3)nc2ccccc12. The van der Waals surface area contributed by atoms with E-state index < -0.39 is 0 Å². The summed E-state index contributed by atoms with van der Waals surface area (Å²) in [4.78, 5) is 19.3. The first-order valence-electron chi connectivity index (χ1n) is 7.92. The largest absolute Gasteiger partial charge is 0.490 e. The van der Waals surface area contributed by atoms with Gasteiger partial charge in [-0.2, -0.15) is 0 Å². The molecule has 0 radical (unpaired) electrons. The lowest BCUT2D eigenvalue weighted by molar-refractivity contribution is 0.296. The molecule has 0 amide bonds. The molecular weight excluding hydrogens is 306 g/mol. The van der Waals surface area contributed by atoms with Crippen LogP contribution in [0.1, 0.15) is 12.0 Å². The molecule has 0 unspecified atom stereocenters. The maximum atomic E-state index is 12.1. The minimum absolute atomic E-state index is 0.158. The predicted molar refractivity (Wildman–Crippen MR) is 91.7 cm³/mol. The Morgan fingerprint density at radius 1 is 1.08 bits per heavy atom. The van der Waals surface area contributed by atoms with Gasteiger partial charge in [0.25, 0.3) is 5.56 Å². The summed E-state index contributed by atoms with van der Waals surface area (Å²) < 4.78 is 11.5. The number of anilines is 1. The molecule has 6 nitrogen and oxygen atoms in total. The third-order valence-corrected chi connectivity index (χ3v) is 3.91. The standard InChI is InChI=1S/C18H17N3O3/c22-17-13-6-1-2-7-14(13)20-18(21-17)19-11-12-5-3-8-15-16(12)24-10-4-9-23-15/h1-3,5-8H,4,9-11H2,(H2,19,20,21,22). The van der Waals surface area contributed by atoms with Gasteiger partial charge in [0.1, 0.15) is 0 Å². The number of rotatable bonds is 3. The highest BCUT2D eigenvalue weighted by Crippen LogP contribution is 2.33. The molecule has 0 atom stereocenters. The molecule has 122 valence electrons. The first-order chi connectivity index (χ1) is 11.8. The molecule has 2 heterocycles. The zero-order valence-corrected chi connectivity index (χ0v) is 13.0. The first-order valence-corrected chi connectivity index (χ1v) is 7.92. The van der Waals surface area contributed by atoms with E-state index in [0.29, 0.717) is 36.6 Å². The van der Waals surface area contributed by atoms with Gasteiger partial charge in [-0.3, -0.25) is 9.78 Å². The fourth-order valence-corrected chi connectivity index (χ4v) is 2.74. The smallest absolute Gasteiger partial charge is 0.260 e. The molecule has 2 N–H and O–H groups in total. The van der Waals surface area contributed by atoms with Crippen molar-refractivity contribution < 1.29 is 9.47 Å². The molecule has 0 saturated heterocycles. The lowest BCUT2D eigenvalue weighted by Crippen LogP contribution is -2.13. The fraction of sp³-hybridized carbons (Fsp3) is 0.222. The summed E-state index contributed by atoms with van der Waals surface area (Å²) in [6.07, 6.45) is 0.862. The van der Waals surface area contributed by atoms with Gasteiger partial charge < -0.3 is 14.8 Å². The molecule has 0 fully saturated rings. The Morgan fingerprint density at radius 2 is 1.96 bits per heavy atom. The molecular formula is C18H17N3O3. The van der Waals surface area contributed by atoms with Gasteiger partial charge in [0.05, 0.1) is 24.1 Å². The van der Waals surface area contributed by atoms with Gasteiger partial charge in [-0.15, -0.1) is 0 Å². The Bertz CT molecular complexity index is 936. The molecule has 0 saturated carbocycles. The maximum absolute atomic E-state index is 12.1. The van der Waals surface area contributed by atoms with E-state index in [2.05, 4.69) is 15.3 Å². The van der Waals surface area contributed by atoms with Crippen LogP contribution in [0.15, 0.2) is 47.3 Å². The highest BCUT2D eigenvalue weighted by molar-refractivity contribution is 5.78. The number of para-hydroxylation sites is 2. The van der Waals surface area contributed by atoms with Crippen molar-refractivity contribution in [2.24, 2.45) is 0 Å². The molecule has 3 aromatic rings. The van der Waals surface area contributed by atoms with Crippen molar-refractivity contribution in [3.63, 3.8) is 0 Å².